The average molecular weight is 414 g/mol. The van der Waals surface area contributed by atoms with Gasteiger partial charge in [-0.25, -0.2) is 5.43 Å². The zero-order chi connectivity index (χ0) is 20.7. The molecule has 0 aliphatic rings. The highest BCUT2D eigenvalue weighted by molar-refractivity contribution is 7.98. The van der Waals surface area contributed by atoms with Crippen LogP contribution in [0.3, 0.4) is 0 Å². The largest absolute Gasteiger partial charge is 0.416 e. The number of nitrogens with zero attached hydrogens (tertiary/aromatic N) is 1. The second-order valence-electron chi connectivity index (χ2n) is 6.12. The summed E-state index contributed by atoms with van der Waals surface area (Å²) in [7, 11) is 0. The fourth-order valence-corrected chi connectivity index (χ4v) is 3.34. The standard InChI is InChI=1S/C22H17F3N2OS/c23-22(24,25)19-6-4-5-17(13-19)14-26-27-21(28)18-11-9-16(10-12-18)15-29-20-7-2-1-3-8-20/h1-14H,15H2,(H,27,28)/b26-14+. The van der Waals surface area contributed by atoms with Crippen LogP contribution >= 0.6 is 11.8 Å². The summed E-state index contributed by atoms with van der Waals surface area (Å²) >= 11 is 1.70. The number of halogens is 3. The van der Waals surface area contributed by atoms with Gasteiger partial charge < -0.3 is 0 Å². The summed E-state index contributed by atoms with van der Waals surface area (Å²) in [6.07, 6.45) is -3.24. The normalized spacial score (nSPS) is 11.6. The van der Waals surface area contributed by atoms with Crippen LogP contribution in [0.25, 0.3) is 0 Å². The first-order valence-corrected chi connectivity index (χ1v) is 9.68. The van der Waals surface area contributed by atoms with Gasteiger partial charge in [-0.2, -0.15) is 18.3 Å². The van der Waals surface area contributed by atoms with Gasteiger partial charge in [0.05, 0.1) is 11.8 Å². The molecule has 3 nitrogen and oxygen atoms in total. The first-order chi connectivity index (χ1) is 13.9. The SMILES string of the molecule is O=C(N/N=C/c1cccc(C(F)(F)F)c1)c1ccc(CSc2ccccc2)cc1. The van der Waals surface area contributed by atoms with Crippen LogP contribution in [0.15, 0.2) is 88.9 Å². The number of nitrogens with one attached hydrogen (secondary N) is 1. The van der Waals surface area contributed by atoms with E-state index in [1.807, 2.05) is 42.5 Å². The van der Waals surface area contributed by atoms with Gasteiger partial charge >= 0.3 is 6.18 Å². The molecule has 3 rings (SSSR count). The lowest BCUT2D eigenvalue weighted by Crippen LogP contribution is -2.17. The molecule has 0 aliphatic heterocycles. The number of alkyl halides is 3. The Balaban J connectivity index is 1.55. The predicted molar refractivity (Wildman–Crippen MR) is 109 cm³/mol. The van der Waals surface area contributed by atoms with E-state index in [2.05, 4.69) is 10.5 Å². The molecule has 0 atom stereocenters. The molecule has 0 aromatic heterocycles. The van der Waals surface area contributed by atoms with E-state index in [1.165, 1.54) is 23.2 Å². The fourth-order valence-electron chi connectivity index (χ4n) is 2.46. The van der Waals surface area contributed by atoms with Gasteiger partial charge in [-0.15, -0.1) is 11.8 Å². The molecule has 7 heteroatoms. The van der Waals surface area contributed by atoms with Crippen LogP contribution in [0.4, 0.5) is 13.2 Å². The van der Waals surface area contributed by atoms with E-state index < -0.39 is 17.6 Å². The van der Waals surface area contributed by atoms with Crippen LogP contribution < -0.4 is 5.43 Å². The van der Waals surface area contributed by atoms with Crippen LogP contribution in [0, 0.1) is 0 Å². The highest BCUT2D eigenvalue weighted by Gasteiger charge is 2.30. The number of hydrogen-bond acceptors (Lipinski definition) is 3. The van der Waals surface area contributed by atoms with Crippen molar-refractivity contribution >= 4 is 23.9 Å². The number of rotatable bonds is 6. The van der Waals surface area contributed by atoms with E-state index in [0.717, 1.165) is 23.4 Å². The highest BCUT2D eigenvalue weighted by Crippen LogP contribution is 2.29. The maximum atomic E-state index is 12.7. The second-order valence-corrected chi connectivity index (χ2v) is 7.17. The van der Waals surface area contributed by atoms with E-state index >= 15 is 0 Å². The highest BCUT2D eigenvalue weighted by atomic mass is 32.2. The fraction of sp³-hybridized carbons (Fsp3) is 0.0909. The number of carbonyl (C=O) groups is 1. The molecule has 0 unspecified atom stereocenters. The van der Waals surface area contributed by atoms with Crippen molar-refractivity contribution in [3.63, 3.8) is 0 Å². The summed E-state index contributed by atoms with van der Waals surface area (Å²) in [6, 6.07) is 21.8. The number of benzene rings is 3. The third-order valence-electron chi connectivity index (χ3n) is 3.96. The third kappa shape index (κ3) is 6.22. The summed E-state index contributed by atoms with van der Waals surface area (Å²) < 4.78 is 38.1. The van der Waals surface area contributed by atoms with E-state index in [0.29, 0.717) is 5.56 Å². The second kappa shape index (κ2) is 9.43. The van der Waals surface area contributed by atoms with Gasteiger partial charge in [-0.05, 0) is 47.5 Å². The molecule has 0 heterocycles. The summed E-state index contributed by atoms with van der Waals surface area (Å²) in [5, 5.41) is 3.74. The van der Waals surface area contributed by atoms with Gasteiger partial charge in [-0.3, -0.25) is 4.79 Å². The van der Waals surface area contributed by atoms with Crippen molar-refractivity contribution in [2.24, 2.45) is 5.10 Å². The summed E-state index contributed by atoms with van der Waals surface area (Å²) in [5.74, 6) is 0.343. The molecule has 0 bridgehead atoms. The van der Waals surface area contributed by atoms with E-state index in [-0.39, 0.29) is 5.56 Å². The molecule has 0 radical (unpaired) electrons. The number of carbonyl (C=O) groups excluding carboxylic acids is 1. The first-order valence-electron chi connectivity index (χ1n) is 8.69. The Bertz CT molecular complexity index is 987. The molecule has 148 valence electrons. The molecule has 3 aromatic carbocycles. The number of hydrogen-bond donors (Lipinski definition) is 1. The summed E-state index contributed by atoms with van der Waals surface area (Å²) in [6.45, 7) is 0. The molecular weight excluding hydrogens is 397 g/mol. The summed E-state index contributed by atoms with van der Waals surface area (Å²) in [5.41, 5.74) is 3.29. The number of hydrazone groups is 1. The van der Waals surface area contributed by atoms with Crippen molar-refractivity contribution in [2.75, 3.05) is 0 Å². The van der Waals surface area contributed by atoms with Gasteiger partial charge in [0.15, 0.2) is 0 Å². The van der Waals surface area contributed by atoms with E-state index in [1.54, 1.807) is 23.9 Å². The van der Waals surface area contributed by atoms with E-state index in [9.17, 15) is 18.0 Å². The Hall–Kier alpha value is -3.06. The summed E-state index contributed by atoms with van der Waals surface area (Å²) in [4.78, 5) is 13.3. The molecular formula is C22H17F3N2OS. The molecule has 29 heavy (non-hydrogen) atoms. The number of amides is 1. The van der Waals surface area contributed by atoms with Gasteiger partial charge in [0.2, 0.25) is 0 Å². The smallest absolute Gasteiger partial charge is 0.267 e. The molecule has 0 saturated carbocycles. The maximum Gasteiger partial charge on any atom is 0.416 e. The maximum absolute atomic E-state index is 12.7. The van der Waals surface area contributed by atoms with Crippen LogP contribution in [0.5, 0.6) is 0 Å². The zero-order valence-electron chi connectivity index (χ0n) is 15.2. The van der Waals surface area contributed by atoms with Gasteiger partial charge in [0, 0.05) is 16.2 Å². The van der Waals surface area contributed by atoms with Crippen LogP contribution in [-0.4, -0.2) is 12.1 Å². The Morgan fingerprint density at radius 2 is 1.69 bits per heavy atom. The van der Waals surface area contributed by atoms with Crippen molar-refractivity contribution in [1.29, 1.82) is 0 Å². The minimum Gasteiger partial charge on any atom is -0.267 e. The lowest BCUT2D eigenvalue weighted by Gasteiger charge is -2.06. The Kier molecular flexibility index (Phi) is 6.72. The Morgan fingerprint density at radius 1 is 0.966 bits per heavy atom. The molecule has 1 amide bonds. The molecule has 1 N–H and O–H groups in total. The lowest BCUT2D eigenvalue weighted by molar-refractivity contribution is -0.137. The van der Waals surface area contributed by atoms with Crippen molar-refractivity contribution < 1.29 is 18.0 Å². The average Bonchev–Trinajstić information content (AvgIpc) is 2.73. The van der Waals surface area contributed by atoms with Crippen LogP contribution in [-0.2, 0) is 11.9 Å². The van der Waals surface area contributed by atoms with Crippen molar-refractivity contribution in [3.05, 3.63) is 101 Å². The molecule has 0 aliphatic carbocycles. The third-order valence-corrected chi connectivity index (χ3v) is 5.04. The Morgan fingerprint density at radius 3 is 2.38 bits per heavy atom. The minimum atomic E-state index is -4.42. The minimum absolute atomic E-state index is 0.244. The van der Waals surface area contributed by atoms with Gasteiger partial charge in [0.25, 0.3) is 5.91 Å². The van der Waals surface area contributed by atoms with Crippen molar-refractivity contribution in [2.45, 2.75) is 16.8 Å². The quantitative estimate of drug-likeness (QED) is 0.316. The van der Waals surface area contributed by atoms with Crippen LogP contribution in [0.2, 0.25) is 0 Å². The Labute approximate surface area is 170 Å². The molecule has 3 aromatic rings. The van der Waals surface area contributed by atoms with Gasteiger partial charge in [-0.1, -0.05) is 42.5 Å². The molecule has 0 saturated heterocycles. The van der Waals surface area contributed by atoms with Crippen molar-refractivity contribution in [3.8, 4) is 0 Å². The topological polar surface area (TPSA) is 41.5 Å². The lowest BCUT2D eigenvalue weighted by atomic mass is 10.1. The van der Waals surface area contributed by atoms with Crippen molar-refractivity contribution in [1.82, 2.24) is 5.43 Å². The first kappa shape index (κ1) is 20.7. The molecule has 0 fully saturated rings. The monoisotopic (exact) mass is 414 g/mol. The van der Waals surface area contributed by atoms with E-state index in [4.69, 9.17) is 0 Å². The zero-order valence-corrected chi connectivity index (χ0v) is 16.0. The van der Waals surface area contributed by atoms with Gasteiger partial charge in [0.1, 0.15) is 0 Å². The predicted octanol–water partition coefficient (Wildman–Crippen LogP) is 5.76. The van der Waals surface area contributed by atoms with Crippen LogP contribution in [0.1, 0.15) is 27.0 Å². The number of thioether (sulfide) groups is 1. The molecule has 0 spiro atoms.